The van der Waals surface area contributed by atoms with Crippen LogP contribution in [0.1, 0.15) is 12.6 Å². The van der Waals surface area contributed by atoms with E-state index in [0.29, 0.717) is 5.82 Å². The molecule has 0 spiro atoms. The Kier molecular flexibility index (Phi) is 4.13. The second kappa shape index (κ2) is 5.81. The van der Waals surface area contributed by atoms with Crippen LogP contribution in [0.2, 0.25) is 0 Å². The topological polar surface area (TPSA) is 80.9 Å². The molecule has 1 amide bonds. The number of carbonyl (C=O) groups excluding carboxylic acids is 1. The molecule has 2 aromatic rings. The summed E-state index contributed by atoms with van der Waals surface area (Å²) in [7, 11) is 0. The van der Waals surface area contributed by atoms with Crippen molar-refractivity contribution in [3.63, 3.8) is 0 Å². The van der Waals surface area contributed by atoms with Crippen LogP contribution in [0.4, 0.5) is 5.82 Å². The number of nitrogens with one attached hydrogen (secondary N) is 1. The van der Waals surface area contributed by atoms with Gasteiger partial charge in [0.2, 0.25) is 5.91 Å². The first-order valence-corrected chi connectivity index (χ1v) is 6.55. The molecule has 0 aliphatic heterocycles. The molecule has 2 aromatic heterocycles. The van der Waals surface area contributed by atoms with Crippen LogP contribution >= 0.6 is 11.9 Å². The van der Waals surface area contributed by atoms with Crippen molar-refractivity contribution >= 4 is 23.7 Å². The van der Waals surface area contributed by atoms with Crippen LogP contribution in [0, 0.1) is 6.92 Å². The Morgan fingerprint density at radius 3 is 2.79 bits per heavy atom. The highest BCUT2D eigenvalue weighted by molar-refractivity contribution is 7.97. The van der Waals surface area contributed by atoms with Gasteiger partial charge in [-0.25, -0.2) is 4.98 Å². The lowest BCUT2D eigenvalue weighted by Crippen LogP contribution is -2.07. The molecule has 3 N–H and O–H groups in total. The molecule has 0 fully saturated rings. The van der Waals surface area contributed by atoms with Gasteiger partial charge in [-0.15, -0.1) is 0 Å². The van der Waals surface area contributed by atoms with Gasteiger partial charge in [0, 0.05) is 29.8 Å². The molecule has 0 unspecified atom stereocenters. The van der Waals surface area contributed by atoms with E-state index >= 15 is 0 Å². The normalized spacial score (nSPS) is 10.3. The minimum absolute atomic E-state index is 0.148. The number of aromatic nitrogens is 2. The fourth-order valence-electron chi connectivity index (χ4n) is 1.65. The zero-order chi connectivity index (χ0) is 13.8. The van der Waals surface area contributed by atoms with E-state index in [1.54, 1.807) is 18.5 Å². The van der Waals surface area contributed by atoms with Gasteiger partial charge in [-0.2, -0.15) is 0 Å². The second-order valence-electron chi connectivity index (χ2n) is 4.04. The Bertz CT molecular complexity index is 615. The van der Waals surface area contributed by atoms with Crippen LogP contribution in [0.25, 0.3) is 11.1 Å². The molecule has 2 heterocycles. The molecule has 19 heavy (non-hydrogen) atoms. The zero-order valence-electron chi connectivity index (χ0n) is 10.7. The first-order chi connectivity index (χ1) is 9.10. The van der Waals surface area contributed by atoms with Gasteiger partial charge in [0.1, 0.15) is 5.82 Å². The maximum atomic E-state index is 11.0. The lowest BCUT2D eigenvalue weighted by Gasteiger charge is -2.07. The van der Waals surface area contributed by atoms with Gasteiger partial charge in [0.05, 0.1) is 5.69 Å². The van der Waals surface area contributed by atoms with E-state index in [1.807, 2.05) is 19.1 Å². The number of nitrogens with two attached hydrogens (primary N) is 1. The molecule has 0 bridgehead atoms. The van der Waals surface area contributed by atoms with E-state index in [9.17, 15) is 4.79 Å². The second-order valence-corrected chi connectivity index (χ2v) is 4.71. The van der Waals surface area contributed by atoms with Crippen molar-refractivity contribution in [2.75, 3.05) is 5.32 Å². The monoisotopic (exact) mass is 274 g/mol. The van der Waals surface area contributed by atoms with Crippen LogP contribution in [0.5, 0.6) is 0 Å². The van der Waals surface area contributed by atoms with Crippen LogP contribution in [0.3, 0.4) is 0 Å². The van der Waals surface area contributed by atoms with Crippen molar-refractivity contribution in [2.24, 2.45) is 5.14 Å². The molecule has 0 atom stereocenters. The lowest BCUT2D eigenvalue weighted by atomic mass is 10.1. The molecule has 0 aliphatic carbocycles. The van der Waals surface area contributed by atoms with Crippen LogP contribution in [-0.2, 0) is 4.79 Å². The fourth-order valence-corrected chi connectivity index (χ4v) is 2.07. The van der Waals surface area contributed by atoms with Crippen molar-refractivity contribution in [3.8, 4) is 11.1 Å². The Morgan fingerprint density at radius 2 is 2.11 bits per heavy atom. The third-order valence-corrected chi connectivity index (χ3v) is 3.23. The van der Waals surface area contributed by atoms with E-state index in [2.05, 4.69) is 15.3 Å². The largest absolute Gasteiger partial charge is 0.311 e. The summed E-state index contributed by atoms with van der Waals surface area (Å²) in [5, 5.41) is 8.26. The van der Waals surface area contributed by atoms with Crippen molar-refractivity contribution in [2.45, 2.75) is 18.7 Å². The van der Waals surface area contributed by atoms with E-state index in [4.69, 9.17) is 5.14 Å². The van der Waals surface area contributed by atoms with E-state index in [1.165, 1.54) is 18.9 Å². The van der Waals surface area contributed by atoms with Crippen LogP contribution in [-0.4, -0.2) is 15.9 Å². The van der Waals surface area contributed by atoms with Gasteiger partial charge in [0.25, 0.3) is 0 Å². The first-order valence-electron chi connectivity index (χ1n) is 5.67. The first kappa shape index (κ1) is 13.5. The average molecular weight is 274 g/mol. The maximum Gasteiger partial charge on any atom is 0.222 e. The number of amides is 1. The maximum absolute atomic E-state index is 11.0. The van der Waals surface area contributed by atoms with Crippen molar-refractivity contribution in [3.05, 3.63) is 36.3 Å². The molecule has 0 aliphatic rings. The van der Waals surface area contributed by atoms with E-state index in [-0.39, 0.29) is 5.91 Å². The summed E-state index contributed by atoms with van der Waals surface area (Å²) in [5.74, 6) is 0.373. The summed E-state index contributed by atoms with van der Waals surface area (Å²) < 4.78 is 0. The zero-order valence-corrected chi connectivity index (χ0v) is 11.5. The van der Waals surface area contributed by atoms with Gasteiger partial charge in [0.15, 0.2) is 0 Å². The highest BCUT2D eigenvalue weighted by Crippen LogP contribution is 2.25. The Hall–Kier alpha value is -1.92. The van der Waals surface area contributed by atoms with Crippen molar-refractivity contribution in [1.29, 1.82) is 0 Å². The Balaban J connectivity index is 2.38. The Morgan fingerprint density at radius 1 is 1.32 bits per heavy atom. The van der Waals surface area contributed by atoms with E-state index < -0.39 is 0 Å². The molecule has 0 saturated carbocycles. The summed E-state index contributed by atoms with van der Waals surface area (Å²) >= 11 is 1.17. The smallest absolute Gasteiger partial charge is 0.222 e. The summed E-state index contributed by atoms with van der Waals surface area (Å²) in [5.41, 5.74) is 2.77. The number of hydrogen-bond acceptors (Lipinski definition) is 5. The van der Waals surface area contributed by atoms with Gasteiger partial charge in [-0.1, -0.05) is 0 Å². The number of anilines is 1. The number of carbonyl (C=O) groups is 1. The average Bonchev–Trinajstić information content (AvgIpc) is 2.39. The molecule has 0 saturated heterocycles. The minimum Gasteiger partial charge on any atom is -0.311 e. The van der Waals surface area contributed by atoms with Crippen molar-refractivity contribution < 1.29 is 4.79 Å². The van der Waals surface area contributed by atoms with Gasteiger partial charge < -0.3 is 5.32 Å². The van der Waals surface area contributed by atoms with Gasteiger partial charge in [-0.05, 0) is 42.6 Å². The standard InChI is InChI=1S/C13H14N4OS/c1-8-12(19-14)5-11(7-16-8)10-3-4-15-13(6-10)17-9(2)18/h3-7H,14H2,1-2H3,(H,15,17,18). The van der Waals surface area contributed by atoms with E-state index in [0.717, 1.165) is 21.7 Å². The highest BCUT2D eigenvalue weighted by atomic mass is 32.2. The number of nitrogens with zero attached hydrogens (tertiary/aromatic N) is 2. The van der Waals surface area contributed by atoms with Gasteiger partial charge >= 0.3 is 0 Å². The number of pyridine rings is 2. The molecule has 0 aromatic carbocycles. The molecule has 2 rings (SSSR count). The predicted octanol–water partition coefficient (Wildman–Crippen LogP) is 2.38. The Labute approximate surface area is 115 Å². The highest BCUT2D eigenvalue weighted by Gasteiger charge is 2.05. The minimum atomic E-state index is -0.148. The molecular formula is C13H14N4OS. The van der Waals surface area contributed by atoms with Crippen molar-refractivity contribution in [1.82, 2.24) is 9.97 Å². The third kappa shape index (κ3) is 3.30. The summed E-state index contributed by atoms with van der Waals surface area (Å²) in [6.07, 6.45) is 3.43. The molecule has 0 radical (unpaired) electrons. The van der Waals surface area contributed by atoms with Gasteiger partial charge in [-0.3, -0.25) is 14.9 Å². The third-order valence-electron chi connectivity index (χ3n) is 2.56. The quantitative estimate of drug-likeness (QED) is 0.840. The fraction of sp³-hybridized carbons (Fsp3) is 0.154. The summed E-state index contributed by atoms with van der Waals surface area (Å²) in [6, 6.07) is 5.64. The molecule has 6 heteroatoms. The predicted molar refractivity (Wildman–Crippen MR) is 76.6 cm³/mol. The molecular weight excluding hydrogens is 260 g/mol. The number of aryl methyl sites for hydroxylation is 1. The summed E-state index contributed by atoms with van der Waals surface area (Å²) in [4.78, 5) is 20.3. The molecule has 5 nitrogen and oxygen atoms in total. The van der Waals surface area contributed by atoms with Crippen LogP contribution < -0.4 is 10.5 Å². The van der Waals surface area contributed by atoms with Crippen LogP contribution in [0.15, 0.2) is 35.5 Å². The SMILES string of the molecule is CC(=O)Nc1cc(-c2cnc(C)c(SN)c2)ccn1. The molecule has 98 valence electrons. The number of rotatable bonds is 3. The number of hydrogen-bond donors (Lipinski definition) is 2. The summed E-state index contributed by atoms with van der Waals surface area (Å²) in [6.45, 7) is 3.36. The lowest BCUT2D eigenvalue weighted by molar-refractivity contribution is -0.114.